The van der Waals surface area contributed by atoms with Gasteiger partial charge in [-0.05, 0) is 67.3 Å². The molecule has 3 aromatic carbocycles. The quantitative estimate of drug-likeness (QED) is 0.312. The highest BCUT2D eigenvalue weighted by Crippen LogP contribution is 2.31. The Bertz CT molecular complexity index is 1600. The Kier molecular flexibility index (Phi) is 5.79. The largest absolute Gasteiger partial charge is 0.573 e. The number of anilines is 3. The second kappa shape index (κ2) is 8.95. The average molecular weight is 490 g/mol. The number of rotatable bonds is 5. The van der Waals surface area contributed by atoms with Gasteiger partial charge in [0.2, 0.25) is 5.95 Å². The summed E-state index contributed by atoms with van der Waals surface area (Å²) in [5.41, 5.74) is 10.8. The van der Waals surface area contributed by atoms with E-state index in [1.54, 1.807) is 19.2 Å². The van der Waals surface area contributed by atoms with Crippen LogP contribution in [0.2, 0.25) is 0 Å². The lowest BCUT2D eigenvalue weighted by Gasteiger charge is -2.15. The lowest BCUT2D eigenvalue weighted by Crippen LogP contribution is -2.17. The zero-order valence-corrected chi connectivity index (χ0v) is 19.4. The number of hydrogen-bond donors (Lipinski definition) is 2. The van der Waals surface area contributed by atoms with Crippen LogP contribution >= 0.6 is 0 Å². The first-order valence-corrected chi connectivity index (χ1v) is 11.1. The van der Waals surface area contributed by atoms with Crippen LogP contribution in [0.1, 0.15) is 22.5 Å². The Morgan fingerprint density at radius 3 is 2.61 bits per heavy atom. The molecule has 0 amide bonds. The molecule has 7 nitrogen and oxygen atoms in total. The van der Waals surface area contributed by atoms with E-state index in [1.165, 1.54) is 18.2 Å². The molecule has 0 aliphatic rings. The summed E-state index contributed by atoms with van der Waals surface area (Å²) in [5.74, 6) is 0.927. The van der Waals surface area contributed by atoms with Gasteiger partial charge in [0.25, 0.3) is 0 Å². The van der Waals surface area contributed by atoms with Crippen LogP contribution in [0.3, 0.4) is 0 Å². The Morgan fingerprint density at radius 2 is 1.81 bits per heavy atom. The maximum absolute atomic E-state index is 12.7. The fourth-order valence-corrected chi connectivity index (χ4v) is 4.10. The molecule has 0 radical (unpaired) electrons. The molecule has 0 spiro atoms. The first kappa shape index (κ1) is 23.3. The van der Waals surface area contributed by atoms with Gasteiger partial charge in [0.15, 0.2) is 0 Å². The van der Waals surface area contributed by atoms with E-state index in [9.17, 15) is 13.2 Å². The molecule has 5 rings (SSSR count). The van der Waals surface area contributed by atoms with E-state index in [0.29, 0.717) is 23.8 Å². The molecule has 10 heteroatoms. The van der Waals surface area contributed by atoms with Crippen molar-refractivity contribution in [1.82, 2.24) is 19.9 Å². The number of ether oxygens (including phenoxy) is 1. The van der Waals surface area contributed by atoms with Crippen LogP contribution in [-0.2, 0) is 6.42 Å². The number of aryl methyl sites for hydroxylation is 2. The van der Waals surface area contributed by atoms with Crippen molar-refractivity contribution >= 4 is 39.3 Å². The van der Waals surface area contributed by atoms with Gasteiger partial charge in [0, 0.05) is 28.7 Å². The third-order valence-electron chi connectivity index (χ3n) is 5.69. The van der Waals surface area contributed by atoms with Crippen molar-refractivity contribution < 1.29 is 17.9 Å². The zero-order valence-electron chi connectivity index (χ0n) is 19.4. The van der Waals surface area contributed by atoms with Crippen molar-refractivity contribution in [3.8, 4) is 5.75 Å². The molecule has 0 atom stereocenters. The topological polar surface area (TPSA) is 98.8 Å². The average Bonchev–Trinajstić information content (AvgIpc) is 2.80. The van der Waals surface area contributed by atoms with Crippen LogP contribution in [-0.4, -0.2) is 26.3 Å². The number of benzene rings is 3. The highest BCUT2D eigenvalue weighted by molar-refractivity contribution is 5.94. The summed E-state index contributed by atoms with van der Waals surface area (Å²) < 4.78 is 42.0. The summed E-state index contributed by atoms with van der Waals surface area (Å²) in [6.07, 6.45) is -2.47. The molecule has 2 heterocycles. The minimum atomic E-state index is -4.77. The Balaban J connectivity index is 1.53. The summed E-state index contributed by atoms with van der Waals surface area (Å²) >= 11 is 0. The van der Waals surface area contributed by atoms with E-state index in [1.807, 2.05) is 37.3 Å². The standard InChI is InChI=1S/C26H21F3N6O/c1-14-6-8-20-23(21(14)11-16-7-9-22-17(10-16)13-31-25(30)35-22)32-15(2)33-24(20)34-18-4-3-5-19(12-18)36-26(27,28)29/h3-10,12-13H,11H2,1-2H3,(H2,30,31,35)(H,32,33,34). The molecule has 2 aromatic heterocycles. The monoisotopic (exact) mass is 490 g/mol. The molecule has 0 unspecified atom stereocenters. The smallest absolute Gasteiger partial charge is 0.406 e. The third kappa shape index (κ3) is 4.97. The van der Waals surface area contributed by atoms with Crippen molar-refractivity contribution in [2.24, 2.45) is 0 Å². The number of nitrogens with one attached hydrogen (secondary N) is 1. The number of halogens is 3. The second-order valence-corrected chi connectivity index (χ2v) is 8.38. The minimum absolute atomic E-state index is 0.225. The summed E-state index contributed by atoms with van der Waals surface area (Å²) in [7, 11) is 0. The number of nitrogen functional groups attached to an aromatic ring is 1. The van der Waals surface area contributed by atoms with Crippen LogP contribution in [0.4, 0.5) is 30.6 Å². The number of fused-ring (bicyclic) bond motifs is 2. The summed E-state index contributed by atoms with van der Waals surface area (Å²) in [6.45, 7) is 3.79. The molecular weight excluding hydrogens is 469 g/mol. The maximum Gasteiger partial charge on any atom is 0.573 e. The van der Waals surface area contributed by atoms with Gasteiger partial charge >= 0.3 is 6.36 Å². The first-order valence-electron chi connectivity index (χ1n) is 11.1. The highest BCUT2D eigenvalue weighted by atomic mass is 19.4. The molecule has 0 saturated heterocycles. The number of nitrogens with zero attached hydrogens (tertiary/aromatic N) is 4. The van der Waals surface area contributed by atoms with E-state index in [-0.39, 0.29) is 11.7 Å². The van der Waals surface area contributed by atoms with Gasteiger partial charge in [0.05, 0.1) is 11.0 Å². The number of aromatic nitrogens is 4. The molecule has 5 aromatic rings. The molecule has 182 valence electrons. The van der Waals surface area contributed by atoms with E-state index < -0.39 is 6.36 Å². The zero-order chi connectivity index (χ0) is 25.4. The Hall–Kier alpha value is -4.47. The summed E-state index contributed by atoms with van der Waals surface area (Å²) in [4.78, 5) is 17.5. The predicted octanol–water partition coefficient (Wildman–Crippen LogP) is 6.01. The fourth-order valence-electron chi connectivity index (χ4n) is 4.10. The van der Waals surface area contributed by atoms with Crippen LogP contribution in [0, 0.1) is 13.8 Å². The Morgan fingerprint density at radius 1 is 0.972 bits per heavy atom. The third-order valence-corrected chi connectivity index (χ3v) is 5.69. The van der Waals surface area contributed by atoms with Gasteiger partial charge in [-0.15, -0.1) is 13.2 Å². The van der Waals surface area contributed by atoms with Gasteiger partial charge in [-0.1, -0.05) is 18.2 Å². The van der Waals surface area contributed by atoms with E-state index in [4.69, 9.17) is 10.7 Å². The van der Waals surface area contributed by atoms with Crippen LogP contribution in [0.15, 0.2) is 60.8 Å². The number of alkyl halides is 3. The minimum Gasteiger partial charge on any atom is -0.406 e. The van der Waals surface area contributed by atoms with Gasteiger partial charge in [0.1, 0.15) is 17.4 Å². The SMILES string of the molecule is Cc1nc(Nc2cccc(OC(F)(F)F)c2)c2ccc(C)c(Cc3ccc4nc(N)ncc4c3)c2n1. The maximum atomic E-state index is 12.7. The number of nitrogens with two attached hydrogens (primary N) is 1. The second-order valence-electron chi connectivity index (χ2n) is 8.38. The molecule has 0 aliphatic carbocycles. The van der Waals surface area contributed by atoms with Crippen molar-refractivity contribution in [2.75, 3.05) is 11.1 Å². The van der Waals surface area contributed by atoms with Crippen LogP contribution in [0.5, 0.6) is 5.75 Å². The Labute approximate surface area is 204 Å². The van der Waals surface area contributed by atoms with Gasteiger partial charge in [-0.2, -0.15) is 0 Å². The molecule has 3 N–H and O–H groups in total. The highest BCUT2D eigenvalue weighted by Gasteiger charge is 2.31. The lowest BCUT2D eigenvalue weighted by molar-refractivity contribution is -0.274. The van der Waals surface area contributed by atoms with Crippen LogP contribution in [0.25, 0.3) is 21.8 Å². The van der Waals surface area contributed by atoms with Crippen molar-refractivity contribution in [1.29, 1.82) is 0 Å². The van der Waals surface area contributed by atoms with Gasteiger partial charge in [-0.3, -0.25) is 0 Å². The normalized spacial score (nSPS) is 11.7. The molecular formula is C26H21F3N6O. The first-order chi connectivity index (χ1) is 17.1. The molecule has 0 aliphatic heterocycles. The van der Waals surface area contributed by atoms with E-state index >= 15 is 0 Å². The van der Waals surface area contributed by atoms with E-state index in [2.05, 4.69) is 25.0 Å². The van der Waals surface area contributed by atoms with Gasteiger partial charge < -0.3 is 15.8 Å². The molecule has 0 bridgehead atoms. The number of hydrogen-bond acceptors (Lipinski definition) is 7. The summed E-state index contributed by atoms with van der Waals surface area (Å²) in [6, 6.07) is 15.4. The molecule has 36 heavy (non-hydrogen) atoms. The van der Waals surface area contributed by atoms with Crippen LogP contribution < -0.4 is 15.8 Å². The molecule has 0 saturated carbocycles. The summed E-state index contributed by atoms with van der Waals surface area (Å²) in [5, 5.41) is 4.76. The lowest BCUT2D eigenvalue weighted by atomic mass is 9.96. The fraction of sp³-hybridized carbons (Fsp3) is 0.154. The predicted molar refractivity (Wildman–Crippen MR) is 132 cm³/mol. The van der Waals surface area contributed by atoms with E-state index in [0.717, 1.165) is 38.5 Å². The van der Waals surface area contributed by atoms with Crippen molar-refractivity contribution in [3.63, 3.8) is 0 Å². The van der Waals surface area contributed by atoms with Crippen molar-refractivity contribution in [2.45, 2.75) is 26.6 Å². The van der Waals surface area contributed by atoms with Gasteiger partial charge in [-0.25, -0.2) is 19.9 Å². The van der Waals surface area contributed by atoms with Crippen molar-refractivity contribution in [3.05, 3.63) is 83.3 Å². The molecule has 0 fully saturated rings.